The van der Waals surface area contributed by atoms with Crippen molar-refractivity contribution in [3.05, 3.63) is 54.1 Å². The molecule has 2 aromatic rings. The first-order valence-electron chi connectivity index (χ1n) is 8.31. The van der Waals surface area contributed by atoms with Crippen molar-refractivity contribution in [3.8, 4) is 0 Å². The number of aryl methyl sites for hydroxylation is 1. The first kappa shape index (κ1) is 17.1. The van der Waals surface area contributed by atoms with E-state index in [0.717, 1.165) is 32.0 Å². The second-order valence-electron chi connectivity index (χ2n) is 5.66. The van der Waals surface area contributed by atoms with Crippen LogP contribution in [0.25, 0.3) is 0 Å². The van der Waals surface area contributed by atoms with E-state index in [0.29, 0.717) is 6.54 Å². The molecule has 0 bridgehead atoms. The van der Waals surface area contributed by atoms with E-state index in [1.54, 1.807) is 6.20 Å². The largest absolute Gasteiger partial charge is 0.356 e. The first-order valence-corrected chi connectivity index (χ1v) is 8.31. The second kappa shape index (κ2) is 9.66. The molecule has 0 aliphatic rings. The van der Waals surface area contributed by atoms with Crippen molar-refractivity contribution in [3.63, 3.8) is 0 Å². The Labute approximate surface area is 138 Å². The van der Waals surface area contributed by atoms with Gasteiger partial charge in [-0.25, -0.2) is 9.98 Å². The average molecular weight is 313 g/mol. The smallest absolute Gasteiger partial charge is 0.191 e. The van der Waals surface area contributed by atoms with Gasteiger partial charge in [0, 0.05) is 32.0 Å². The Morgan fingerprint density at radius 3 is 2.65 bits per heavy atom. The molecule has 0 aliphatic carbocycles. The Bertz CT molecular complexity index is 572. The predicted octanol–water partition coefficient (Wildman–Crippen LogP) is 2.73. The number of hydrogen-bond acceptors (Lipinski definition) is 2. The summed E-state index contributed by atoms with van der Waals surface area (Å²) in [5, 5.41) is 6.79. The van der Waals surface area contributed by atoms with E-state index < -0.39 is 0 Å². The number of nitrogens with one attached hydrogen (secondary N) is 2. The summed E-state index contributed by atoms with van der Waals surface area (Å²) in [5.41, 5.74) is 2.50. The molecular formula is C18H27N5. The maximum atomic E-state index is 4.68. The fourth-order valence-electron chi connectivity index (χ4n) is 2.14. The zero-order valence-corrected chi connectivity index (χ0v) is 14.1. The van der Waals surface area contributed by atoms with Gasteiger partial charge in [-0.05, 0) is 18.9 Å². The number of imidazole rings is 1. The number of aromatic nitrogens is 2. The van der Waals surface area contributed by atoms with Crippen LogP contribution in [0, 0.1) is 6.92 Å². The zero-order chi connectivity index (χ0) is 16.3. The molecule has 124 valence electrons. The highest BCUT2D eigenvalue weighted by molar-refractivity contribution is 5.79. The molecule has 0 fully saturated rings. The van der Waals surface area contributed by atoms with Crippen LogP contribution in [-0.2, 0) is 13.1 Å². The number of benzene rings is 1. The van der Waals surface area contributed by atoms with Gasteiger partial charge < -0.3 is 15.2 Å². The van der Waals surface area contributed by atoms with Crippen molar-refractivity contribution >= 4 is 5.96 Å². The maximum Gasteiger partial charge on any atom is 0.191 e. The summed E-state index contributed by atoms with van der Waals surface area (Å²) in [5.74, 6) is 0.874. The lowest BCUT2D eigenvalue weighted by Crippen LogP contribution is -2.39. The molecule has 2 N–H and O–H groups in total. The van der Waals surface area contributed by atoms with Crippen LogP contribution >= 0.6 is 0 Å². The van der Waals surface area contributed by atoms with E-state index in [9.17, 15) is 0 Å². The lowest BCUT2D eigenvalue weighted by molar-refractivity contribution is 0.654. The average Bonchev–Trinajstić information content (AvgIpc) is 3.07. The monoisotopic (exact) mass is 313 g/mol. The zero-order valence-electron chi connectivity index (χ0n) is 14.1. The van der Waals surface area contributed by atoms with Gasteiger partial charge in [0.15, 0.2) is 5.96 Å². The molecule has 5 nitrogen and oxygen atoms in total. The highest BCUT2D eigenvalue weighted by atomic mass is 15.2. The van der Waals surface area contributed by atoms with Gasteiger partial charge in [0.2, 0.25) is 0 Å². The molecule has 0 radical (unpaired) electrons. The molecule has 0 saturated carbocycles. The van der Waals surface area contributed by atoms with E-state index in [1.165, 1.54) is 17.5 Å². The molecular weight excluding hydrogens is 286 g/mol. The molecule has 1 aromatic carbocycles. The minimum atomic E-state index is 0.687. The van der Waals surface area contributed by atoms with Gasteiger partial charge in [-0.15, -0.1) is 0 Å². The lowest BCUT2D eigenvalue weighted by atomic mass is 10.1. The number of rotatable bonds is 8. The van der Waals surface area contributed by atoms with Gasteiger partial charge in [0.1, 0.15) is 0 Å². The van der Waals surface area contributed by atoms with E-state index in [1.807, 2.05) is 12.5 Å². The summed E-state index contributed by atoms with van der Waals surface area (Å²) in [6.45, 7) is 7.62. The van der Waals surface area contributed by atoms with Crippen LogP contribution in [0.5, 0.6) is 0 Å². The Morgan fingerprint density at radius 2 is 1.96 bits per heavy atom. The molecule has 0 atom stereocenters. The van der Waals surface area contributed by atoms with Crippen molar-refractivity contribution in [2.45, 2.75) is 39.8 Å². The number of nitrogens with zero attached hydrogens (tertiary/aromatic N) is 3. The minimum Gasteiger partial charge on any atom is -0.356 e. The Morgan fingerprint density at radius 1 is 1.17 bits per heavy atom. The van der Waals surface area contributed by atoms with Gasteiger partial charge >= 0.3 is 0 Å². The third kappa shape index (κ3) is 6.55. The molecule has 1 heterocycles. The van der Waals surface area contributed by atoms with E-state index in [4.69, 9.17) is 0 Å². The summed E-state index contributed by atoms with van der Waals surface area (Å²) in [4.78, 5) is 8.74. The van der Waals surface area contributed by atoms with Crippen molar-refractivity contribution < 1.29 is 0 Å². The van der Waals surface area contributed by atoms with Crippen LogP contribution in [0.4, 0.5) is 0 Å². The molecule has 0 spiro atoms. The van der Waals surface area contributed by atoms with Gasteiger partial charge in [-0.1, -0.05) is 43.2 Å². The van der Waals surface area contributed by atoms with Crippen molar-refractivity contribution in [1.82, 2.24) is 20.2 Å². The summed E-state index contributed by atoms with van der Waals surface area (Å²) >= 11 is 0. The topological polar surface area (TPSA) is 54.2 Å². The summed E-state index contributed by atoms with van der Waals surface area (Å²) in [7, 11) is 0. The van der Waals surface area contributed by atoms with E-state index in [2.05, 4.69) is 63.3 Å². The fraction of sp³-hybridized carbons (Fsp3) is 0.444. The summed E-state index contributed by atoms with van der Waals surface area (Å²) < 4.78 is 2.05. The molecule has 0 saturated heterocycles. The van der Waals surface area contributed by atoms with Gasteiger partial charge in [0.25, 0.3) is 0 Å². The molecule has 0 amide bonds. The molecule has 1 aromatic heterocycles. The van der Waals surface area contributed by atoms with Crippen LogP contribution in [0.3, 0.4) is 0 Å². The Kier molecular flexibility index (Phi) is 7.17. The molecule has 2 rings (SSSR count). The minimum absolute atomic E-state index is 0.687. The SMILES string of the molecule is CCCCNC(=NCc1ccc(C)cc1)NCCn1ccnc1. The van der Waals surface area contributed by atoms with E-state index >= 15 is 0 Å². The van der Waals surface area contributed by atoms with Crippen LogP contribution in [-0.4, -0.2) is 28.6 Å². The predicted molar refractivity (Wildman–Crippen MR) is 95.5 cm³/mol. The second-order valence-corrected chi connectivity index (χ2v) is 5.66. The van der Waals surface area contributed by atoms with Crippen molar-refractivity contribution in [2.24, 2.45) is 4.99 Å². The normalized spacial score (nSPS) is 11.5. The summed E-state index contributed by atoms with van der Waals surface area (Å²) in [6.07, 6.45) is 7.91. The third-order valence-corrected chi connectivity index (χ3v) is 3.58. The maximum absolute atomic E-state index is 4.68. The van der Waals surface area contributed by atoms with Crippen LogP contribution < -0.4 is 10.6 Å². The van der Waals surface area contributed by atoms with Gasteiger partial charge in [-0.2, -0.15) is 0 Å². The first-order chi connectivity index (χ1) is 11.3. The highest BCUT2D eigenvalue weighted by Gasteiger charge is 1.99. The molecule has 0 unspecified atom stereocenters. The standard InChI is InChI=1S/C18H27N5/c1-3-4-9-20-18(21-11-13-23-12-10-19-15-23)22-14-17-7-5-16(2)6-8-17/h5-8,10,12,15H,3-4,9,11,13-14H2,1-2H3,(H2,20,21,22). The highest BCUT2D eigenvalue weighted by Crippen LogP contribution is 2.04. The van der Waals surface area contributed by atoms with E-state index in [-0.39, 0.29) is 0 Å². The van der Waals surface area contributed by atoms with Gasteiger partial charge in [-0.3, -0.25) is 0 Å². The number of unbranched alkanes of at least 4 members (excludes halogenated alkanes) is 1. The van der Waals surface area contributed by atoms with Crippen LogP contribution in [0.1, 0.15) is 30.9 Å². The van der Waals surface area contributed by atoms with Crippen LogP contribution in [0.15, 0.2) is 48.0 Å². The summed E-state index contributed by atoms with van der Waals surface area (Å²) in [6, 6.07) is 8.52. The Hall–Kier alpha value is -2.30. The molecule has 5 heteroatoms. The number of hydrogen-bond donors (Lipinski definition) is 2. The van der Waals surface area contributed by atoms with Crippen LogP contribution in [0.2, 0.25) is 0 Å². The fourth-order valence-corrected chi connectivity index (χ4v) is 2.14. The number of aliphatic imine (C=N–C) groups is 1. The van der Waals surface area contributed by atoms with Crippen molar-refractivity contribution in [1.29, 1.82) is 0 Å². The number of guanidine groups is 1. The van der Waals surface area contributed by atoms with Crippen molar-refractivity contribution in [2.75, 3.05) is 13.1 Å². The quantitative estimate of drug-likeness (QED) is 0.447. The van der Waals surface area contributed by atoms with Gasteiger partial charge in [0.05, 0.1) is 12.9 Å². The molecule has 0 aliphatic heterocycles. The lowest BCUT2D eigenvalue weighted by Gasteiger charge is -2.12. The third-order valence-electron chi connectivity index (χ3n) is 3.58. The Balaban J connectivity index is 1.86. The molecule has 23 heavy (non-hydrogen) atoms.